The summed E-state index contributed by atoms with van der Waals surface area (Å²) in [6, 6.07) is 8.12. The second kappa shape index (κ2) is 8.39. The van der Waals surface area contributed by atoms with E-state index in [0.29, 0.717) is 24.3 Å². The molecule has 0 saturated carbocycles. The molecule has 0 aliphatic heterocycles. The van der Waals surface area contributed by atoms with E-state index >= 15 is 0 Å². The van der Waals surface area contributed by atoms with Crippen LogP contribution < -0.4 is 0 Å². The predicted molar refractivity (Wildman–Crippen MR) is 121 cm³/mol. The first-order chi connectivity index (χ1) is 13.3. The van der Waals surface area contributed by atoms with E-state index in [9.17, 15) is 15.3 Å². The van der Waals surface area contributed by atoms with Crippen LogP contribution in [0.25, 0.3) is 0 Å². The summed E-state index contributed by atoms with van der Waals surface area (Å²) in [7, 11) is 0. The summed E-state index contributed by atoms with van der Waals surface area (Å²) >= 11 is 0. The minimum Gasteiger partial charge on any atom is -0.507 e. The van der Waals surface area contributed by atoms with Crippen molar-refractivity contribution in [3.05, 3.63) is 57.6 Å². The fourth-order valence-electron chi connectivity index (χ4n) is 4.06. The molecular weight excluding hydrogens is 360 g/mol. The SMILES string of the molecule is Cc1cc(C(CCCO)c2cc(C)cc(C(C)(C)C)c2O)c(O)c(C(C)(C)C)c1. The van der Waals surface area contributed by atoms with Crippen molar-refractivity contribution in [3.8, 4) is 11.5 Å². The molecule has 3 nitrogen and oxygen atoms in total. The zero-order chi connectivity index (χ0) is 22.1. The summed E-state index contributed by atoms with van der Waals surface area (Å²) < 4.78 is 0. The van der Waals surface area contributed by atoms with Crippen LogP contribution in [-0.2, 0) is 10.8 Å². The predicted octanol–water partition coefficient (Wildman–Crippen LogP) is 6.21. The van der Waals surface area contributed by atoms with E-state index in [0.717, 1.165) is 33.4 Å². The zero-order valence-corrected chi connectivity index (χ0v) is 19.3. The van der Waals surface area contributed by atoms with Crippen molar-refractivity contribution >= 4 is 0 Å². The lowest BCUT2D eigenvalue weighted by atomic mass is 9.77. The van der Waals surface area contributed by atoms with Crippen LogP contribution in [0.2, 0.25) is 0 Å². The van der Waals surface area contributed by atoms with E-state index in [4.69, 9.17) is 0 Å². The minimum atomic E-state index is -0.197. The van der Waals surface area contributed by atoms with E-state index < -0.39 is 0 Å². The normalized spacial score (nSPS) is 12.6. The molecule has 0 heterocycles. The molecule has 2 rings (SSSR count). The van der Waals surface area contributed by atoms with Gasteiger partial charge in [0.1, 0.15) is 11.5 Å². The molecule has 0 amide bonds. The number of hydrogen-bond acceptors (Lipinski definition) is 3. The van der Waals surface area contributed by atoms with Gasteiger partial charge in [-0.15, -0.1) is 0 Å². The highest BCUT2D eigenvalue weighted by Gasteiger charge is 2.29. The number of aromatic hydroxyl groups is 2. The lowest BCUT2D eigenvalue weighted by Crippen LogP contribution is -2.16. The second-order valence-corrected chi connectivity index (χ2v) is 10.4. The van der Waals surface area contributed by atoms with Crippen molar-refractivity contribution < 1.29 is 15.3 Å². The van der Waals surface area contributed by atoms with E-state index in [2.05, 4.69) is 41.5 Å². The third-order valence-electron chi connectivity index (χ3n) is 5.59. The Hall–Kier alpha value is -2.00. The second-order valence-electron chi connectivity index (χ2n) is 10.4. The van der Waals surface area contributed by atoms with Gasteiger partial charge in [-0.05, 0) is 48.6 Å². The third-order valence-corrected chi connectivity index (χ3v) is 5.59. The number of hydrogen-bond donors (Lipinski definition) is 3. The van der Waals surface area contributed by atoms with E-state index in [-0.39, 0.29) is 23.4 Å². The molecule has 0 bridgehead atoms. The molecule has 0 radical (unpaired) electrons. The number of aliphatic hydroxyl groups is 1. The quantitative estimate of drug-likeness (QED) is 0.561. The number of rotatable bonds is 5. The van der Waals surface area contributed by atoms with Crippen molar-refractivity contribution in [3.63, 3.8) is 0 Å². The molecular formula is C26H38O3. The maximum absolute atomic E-state index is 11.2. The minimum absolute atomic E-state index is 0.0773. The molecule has 0 atom stereocenters. The highest BCUT2D eigenvalue weighted by molar-refractivity contribution is 5.56. The van der Waals surface area contributed by atoms with Gasteiger partial charge in [-0.2, -0.15) is 0 Å². The molecule has 0 fully saturated rings. The molecule has 3 N–H and O–H groups in total. The first-order valence-electron chi connectivity index (χ1n) is 10.6. The maximum atomic E-state index is 11.2. The highest BCUT2D eigenvalue weighted by Crippen LogP contribution is 2.46. The summed E-state index contributed by atoms with van der Waals surface area (Å²) in [5.74, 6) is 0.401. The lowest BCUT2D eigenvalue weighted by molar-refractivity contribution is 0.281. The van der Waals surface area contributed by atoms with Crippen LogP contribution in [0.5, 0.6) is 11.5 Å². The first kappa shape index (κ1) is 23.3. The Bertz CT molecular complexity index is 797. The smallest absolute Gasteiger partial charge is 0.123 e. The molecule has 0 aliphatic rings. The standard InChI is InChI=1S/C26H38O3/c1-16-12-19(23(28)21(14-16)25(3,4)5)18(10-9-11-27)20-13-17(2)15-22(24(20)29)26(6,7)8/h12-15,18,27-29H,9-11H2,1-8H3. The van der Waals surface area contributed by atoms with Crippen LogP contribution in [0.1, 0.15) is 93.7 Å². The Morgan fingerprint density at radius 3 is 1.41 bits per heavy atom. The van der Waals surface area contributed by atoms with Crippen LogP contribution >= 0.6 is 0 Å². The monoisotopic (exact) mass is 398 g/mol. The van der Waals surface area contributed by atoms with Crippen molar-refractivity contribution in [1.82, 2.24) is 0 Å². The average Bonchev–Trinajstić information content (AvgIpc) is 2.58. The van der Waals surface area contributed by atoms with Gasteiger partial charge in [-0.3, -0.25) is 0 Å². The zero-order valence-electron chi connectivity index (χ0n) is 19.3. The van der Waals surface area contributed by atoms with Gasteiger partial charge in [0.2, 0.25) is 0 Å². The molecule has 0 spiro atoms. The Kier molecular flexibility index (Phi) is 6.74. The summed E-state index contributed by atoms with van der Waals surface area (Å²) in [6.45, 7) is 16.7. The van der Waals surface area contributed by atoms with Gasteiger partial charge in [-0.1, -0.05) is 76.9 Å². The third kappa shape index (κ3) is 5.14. The molecule has 2 aromatic carbocycles. The summed E-state index contributed by atoms with van der Waals surface area (Å²) in [4.78, 5) is 0. The average molecular weight is 399 g/mol. The Morgan fingerprint density at radius 1 is 0.724 bits per heavy atom. The molecule has 0 aliphatic carbocycles. The van der Waals surface area contributed by atoms with E-state index in [1.807, 2.05) is 38.1 Å². The summed E-state index contributed by atoms with van der Waals surface area (Å²) in [6.07, 6.45) is 1.25. The molecule has 0 unspecified atom stereocenters. The lowest BCUT2D eigenvalue weighted by Gasteiger charge is -2.29. The maximum Gasteiger partial charge on any atom is 0.123 e. The highest BCUT2D eigenvalue weighted by atomic mass is 16.3. The van der Waals surface area contributed by atoms with Crippen molar-refractivity contribution in [2.45, 2.75) is 85.0 Å². The van der Waals surface area contributed by atoms with Gasteiger partial charge >= 0.3 is 0 Å². The molecule has 0 saturated heterocycles. The number of benzene rings is 2. The van der Waals surface area contributed by atoms with E-state index in [1.54, 1.807) is 0 Å². The Balaban J connectivity index is 2.79. The Labute approximate surface area is 176 Å². The van der Waals surface area contributed by atoms with Crippen LogP contribution in [0.15, 0.2) is 24.3 Å². The van der Waals surface area contributed by atoms with Gasteiger partial charge in [0.05, 0.1) is 0 Å². The molecule has 29 heavy (non-hydrogen) atoms. The van der Waals surface area contributed by atoms with Gasteiger partial charge < -0.3 is 15.3 Å². The summed E-state index contributed by atoms with van der Waals surface area (Å²) in [5.41, 5.74) is 5.23. The van der Waals surface area contributed by atoms with Crippen molar-refractivity contribution in [2.24, 2.45) is 0 Å². The summed E-state index contributed by atoms with van der Waals surface area (Å²) in [5, 5.41) is 31.9. The largest absolute Gasteiger partial charge is 0.507 e. The Morgan fingerprint density at radius 2 is 1.10 bits per heavy atom. The van der Waals surface area contributed by atoms with E-state index in [1.165, 1.54) is 0 Å². The van der Waals surface area contributed by atoms with Crippen LogP contribution in [0.4, 0.5) is 0 Å². The molecule has 160 valence electrons. The molecule has 3 heteroatoms. The topological polar surface area (TPSA) is 60.7 Å². The van der Waals surface area contributed by atoms with Crippen LogP contribution in [-0.4, -0.2) is 21.9 Å². The fraction of sp³-hybridized carbons (Fsp3) is 0.538. The van der Waals surface area contributed by atoms with Crippen LogP contribution in [0.3, 0.4) is 0 Å². The molecule has 2 aromatic rings. The van der Waals surface area contributed by atoms with Gasteiger partial charge in [0.25, 0.3) is 0 Å². The fourth-order valence-corrected chi connectivity index (χ4v) is 4.06. The number of aliphatic hydroxyl groups excluding tert-OH is 1. The van der Waals surface area contributed by atoms with Crippen molar-refractivity contribution in [2.75, 3.05) is 6.61 Å². The van der Waals surface area contributed by atoms with Gasteiger partial charge in [-0.25, -0.2) is 0 Å². The number of aryl methyl sites for hydroxylation is 2. The number of phenolic OH excluding ortho intramolecular Hbond substituents is 2. The van der Waals surface area contributed by atoms with Crippen LogP contribution in [0, 0.1) is 13.8 Å². The van der Waals surface area contributed by atoms with Gasteiger partial charge in [0, 0.05) is 23.7 Å². The van der Waals surface area contributed by atoms with Gasteiger partial charge in [0.15, 0.2) is 0 Å². The number of phenols is 2. The first-order valence-corrected chi connectivity index (χ1v) is 10.6. The molecule has 0 aromatic heterocycles. The van der Waals surface area contributed by atoms with Crippen molar-refractivity contribution in [1.29, 1.82) is 0 Å².